The second kappa shape index (κ2) is 3.07. The topological polar surface area (TPSA) is 38.9 Å². The molecule has 2 nitrogen and oxygen atoms in total. The Labute approximate surface area is 83.2 Å². The minimum atomic E-state index is 0.304. The summed E-state index contributed by atoms with van der Waals surface area (Å²) >= 11 is 1.77. The zero-order valence-electron chi connectivity index (χ0n) is 8.21. The first-order chi connectivity index (χ1) is 6.10. The lowest BCUT2D eigenvalue weighted by molar-refractivity contribution is 0.432. The summed E-state index contributed by atoms with van der Waals surface area (Å²) in [5, 5.41) is 1.19. The maximum absolute atomic E-state index is 6.12. The summed E-state index contributed by atoms with van der Waals surface area (Å²) in [6.07, 6.45) is 5.47. The number of aryl methyl sites for hydroxylation is 1. The van der Waals surface area contributed by atoms with Crippen LogP contribution >= 0.6 is 11.3 Å². The van der Waals surface area contributed by atoms with E-state index in [4.69, 9.17) is 5.73 Å². The molecular weight excluding hydrogens is 180 g/mol. The fourth-order valence-electron chi connectivity index (χ4n) is 1.50. The van der Waals surface area contributed by atoms with Gasteiger partial charge in [-0.1, -0.05) is 6.92 Å². The van der Waals surface area contributed by atoms with Crippen molar-refractivity contribution in [3.63, 3.8) is 0 Å². The normalized spacial score (nSPS) is 21.5. The van der Waals surface area contributed by atoms with Gasteiger partial charge in [0.1, 0.15) is 0 Å². The van der Waals surface area contributed by atoms with Gasteiger partial charge >= 0.3 is 0 Å². The van der Waals surface area contributed by atoms with Crippen LogP contribution in [0.25, 0.3) is 0 Å². The number of thiazole rings is 1. The summed E-state index contributed by atoms with van der Waals surface area (Å²) in [5.74, 6) is 0. The van der Waals surface area contributed by atoms with E-state index in [0.29, 0.717) is 11.5 Å². The van der Waals surface area contributed by atoms with E-state index in [-0.39, 0.29) is 0 Å². The molecule has 0 aromatic carbocycles. The molecule has 1 unspecified atom stereocenters. The molecule has 0 aliphatic heterocycles. The molecule has 1 atom stereocenters. The van der Waals surface area contributed by atoms with Crippen LogP contribution in [0.15, 0.2) is 6.20 Å². The summed E-state index contributed by atoms with van der Waals surface area (Å²) in [6, 6.07) is 0.304. The van der Waals surface area contributed by atoms with Crippen molar-refractivity contribution >= 4 is 11.3 Å². The third kappa shape index (κ3) is 1.92. The van der Waals surface area contributed by atoms with Crippen molar-refractivity contribution in [3.05, 3.63) is 16.1 Å². The Hall–Kier alpha value is -0.410. The Kier molecular flexibility index (Phi) is 2.16. The molecule has 0 radical (unpaired) electrons. The van der Waals surface area contributed by atoms with Gasteiger partial charge in [0.25, 0.3) is 0 Å². The van der Waals surface area contributed by atoms with Crippen LogP contribution < -0.4 is 5.73 Å². The average Bonchev–Trinajstić information content (AvgIpc) is 2.69. The molecule has 0 spiro atoms. The smallest absolute Gasteiger partial charge is 0.0943 e. The van der Waals surface area contributed by atoms with Gasteiger partial charge in [-0.25, -0.2) is 4.98 Å². The molecule has 0 bridgehead atoms. The molecule has 13 heavy (non-hydrogen) atoms. The number of nitrogens with two attached hydrogens (primary N) is 1. The van der Waals surface area contributed by atoms with Crippen LogP contribution in [0, 0.1) is 12.3 Å². The Balaban J connectivity index is 1.98. The Morgan fingerprint density at radius 3 is 2.85 bits per heavy atom. The molecule has 2 rings (SSSR count). The fraction of sp³-hybridized carbons (Fsp3) is 0.700. The number of hydrogen-bond acceptors (Lipinski definition) is 3. The minimum Gasteiger partial charge on any atom is -0.327 e. The highest BCUT2D eigenvalue weighted by molar-refractivity contribution is 7.11. The van der Waals surface area contributed by atoms with Crippen molar-refractivity contribution < 1.29 is 0 Å². The van der Waals surface area contributed by atoms with Gasteiger partial charge in [-0.05, 0) is 25.2 Å². The molecule has 1 aromatic rings. The molecule has 1 heterocycles. The molecule has 3 heteroatoms. The van der Waals surface area contributed by atoms with Crippen molar-refractivity contribution in [2.75, 3.05) is 0 Å². The lowest BCUT2D eigenvalue weighted by Gasteiger charge is -2.16. The summed E-state index contributed by atoms with van der Waals surface area (Å²) in [7, 11) is 0. The first-order valence-corrected chi connectivity index (χ1v) is 5.59. The largest absolute Gasteiger partial charge is 0.327 e. The Morgan fingerprint density at radius 2 is 2.38 bits per heavy atom. The van der Waals surface area contributed by atoms with Gasteiger partial charge in [0, 0.05) is 23.5 Å². The highest BCUT2D eigenvalue weighted by atomic mass is 32.1. The van der Waals surface area contributed by atoms with Crippen molar-refractivity contribution in [1.29, 1.82) is 0 Å². The second-order valence-electron chi connectivity index (χ2n) is 4.33. The third-order valence-corrected chi connectivity index (χ3v) is 3.93. The maximum atomic E-state index is 6.12. The van der Waals surface area contributed by atoms with Crippen LogP contribution in [0.5, 0.6) is 0 Å². The van der Waals surface area contributed by atoms with E-state index in [1.165, 1.54) is 22.7 Å². The molecule has 1 aliphatic rings. The number of hydrogen-bond donors (Lipinski definition) is 1. The lowest BCUT2D eigenvalue weighted by Crippen LogP contribution is -2.31. The van der Waals surface area contributed by atoms with E-state index in [9.17, 15) is 0 Å². The zero-order chi connectivity index (χ0) is 9.47. The standard InChI is InChI=1S/C10H16N2S/c1-7-6-12-9(13-7)5-8(11)10(2)3-4-10/h6,8H,3-5,11H2,1-2H3. The maximum Gasteiger partial charge on any atom is 0.0943 e. The highest BCUT2D eigenvalue weighted by Gasteiger charge is 2.42. The Morgan fingerprint density at radius 1 is 1.69 bits per heavy atom. The minimum absolute atomic E-state index is 0.304. The van der Waals surface area contributed by atoms with Gasteiger partial charge in [0.15, 0.2) is 0 Å². The van der Waals surface area contributed by atoms with Gasteiger partial charge in [-0.15, -0.1) is 11.3 Å². The van der Waals surface area contributed by atoms with Crippen LogP contribution in [0.4, 0.5) is 0 Å². The van der Waals surface area contributed by atoms with E-state index in [0.717, 1.165) is 6.42 Å². The predicted octanol–water partition coefficient (Wildman–Crippen LogP) is 2.12. The van der Waals surface area contributed by atoms with Crippen LogP contribution in [-0.2, 0) is 6.42 Å². The van der Waals surface area contributed by atoms with Gasteiger partial charge in [-0.3, -0.25) is 0 Å². The monoisotopic (exact) mass is 196 g/mol. The van der Waals surface area contributed by atoms with Gasteiger partial charge in [-0.2, -0.15) is 0 Å². The van der Waals surface area contributed by atoms with E-state index in [1.807, 2.05) is 6.20 Å². The molecule has 0 saturated heterocycles. The molecular formula is C10H16N2S. The van der Waals surface area contributed by atoms with Crippen LogP contribution in [-0.4, -0.2) is 11.0 Å². The molecule has 1 aliphatic carbocycles. The van der Waals surface area contributed by atoms with Crippen LogP contribution in [0.1, 0.15) is 29.7 Å². The fourth-order valence-corrected chi connectivity index (χ4v) is 2.34. The van der Waals surface area contributed by atoms with E-state index >= 15 is 0 Å². The summed E-state index contributed by atoms with van der Waals surface area (Å²) < 4.78 is 0. The van der Waals surface area contributed by atoms with E-state index in [2.05, 4.69) is 18.8 Å². The molecule has 0 amide bonds. The molecule has 72 valence electrons. The second-order valence-corrected chi connectivity index (χ2v) is 5.65. The summed E-state index contributed by atoms with van der Waals surface area (Å²) in [4.78, 5) is 5.62. The van der Waals surface area contributed by atoms with E-state index < -0.39 is 0 Å². The zero-order valence-corrected chi connectivity index (χ0v) is 9.03. The van der Waals surface area contributed by atoms with Crippen molar-refractivity contribution in [1.82, 2.24) is 4.98 Å². The van der Waals surface area contributed by atoms with Crippen molar-refractivity contribution in [2.24, 2.45) is 11.1 Å². The highest BCUT2D eigenvalue weighted by Crippen LogP contribution is 2.48. The number of aromatic nitrogens is 1. The Bertz CT molecular complexity index is 302. The first-order valence-electron chi connectivity index (χ1n) is 4.77. The summed E-state index contributed by atoms with van der Waals surface area (Å²) in [5.41, 5.74) is 6.54. The quantitative estimate of drug-likeness (QED) is 0.804. The average molecular weight is 196 g/mol. The van der Waals surface area contributed by atoms with Crippen LogP contribution in [0.2, 0.25) is 0 Å². The predicted molar refractivity (Wildman–Crippen MR) is 55.9 cm³/mol. The first kappa shape index (κ1) is 9.16. The van der Waals surface area contributed by atoms with Gasteiger partial charge in [0.2, 0.25) is 0 Å². The third-order valence-electron chi connectivity index (χ3n) is 3.00. The number of rotatable bonds is 3. The molecule has 1 fully saturated rings. The van der Waals surface area contributed by atoms with Gasteiger partial charge < -0.3 is 5.73 Å². The summed E-state index contributed by atoms with van der Waals surface area (Å²) in [6.45, 7) is 4.36. The van der Waals surface area contributed by atoms with Gasteiger partial charge in [0.05, 0.1) is 5.01 Å². The SMILES string of the molecule is Cc1cnc(CC(N)C2(C)CC2)s1. The molecule has 1 aromatic heterocycles. The van der Waals surface area contributed by atoms with Crippen molar-refractivity contribution in [2.45, 2.75) is 39.2 Å². The van der Waals surface area contributed by atoms with Crippen LogP contribution in [0.3, 0.4) is 0 Å². The van der Waals surface area contributed by atoms with Crippen molar-refractivity contribution in [3.8, 4) is 0 Å². The lowest BCUT2D eigenvalue weighted by atomic mass is 9.97. The number of nitrogens with zero attached hydrogens (tertiary/aromatic N) is 1. The molecule has 1 saturated carbocycles. The van der Waals surface area contributed by atoms with E-state index in [1.54, 1.807) is 11.3 Å². The molecule has 2 N–H and O–H groups in total.